The smallest absolute Gasteiger partial charge is 0.325 e. The maximum absolute atomic E-state index is 13.7. The quantitative estimate of drug-likeness (QED) is 0.873. The predicted octanol–water partition coefficient (Wildman–Crippen LogP) is 1.45. The molecule has 0 radical (unpaired) electrons. The predicted molar refractivity (Wildman–Crippen MR) is 86.8 cm³/mol. The molecule has 1 amide bonds. The number of aromatic nitrogens is 2. The Labute approximate surface area is 137 Å². The van der Waals surface area contributed by atoms with Gasteiger partial charge in [0.2, 0.25) is 0 Å². The number of likely N-dealkylation sites (tertiary alicyclic amines) is 1. The molecule has 0 spiro atoms. The lowest BCUT2D eigenvalue weighted by atomic mass is 10.0. The molecule has 1 saturated heterocycles. The second-order valence-electron chi connectivity index (χ2n) is 6.20. The lowest BCUT2D eigenvalue weighted by Gasteiger charge is -2.17. The van der Waals surface area contributed by atoms with Gasteiger partial charge in [0.1, 0.15) is 5.82 Å². The number of nitrogens with one attached hydrogen (secondary N) is 2. The molecule has 7 heteroatoms. The molecule has 2 aromatic rings. The van der Waals surface area contributed by atoms with E-state index in [9.17, 15) is 18.8 Å². The van der Waals surface area contributed by atoms with Crippen LogP contribution in [0, 0.1) is 19.7 Å². The van der Waals surface area contributed by atoms with Crippen molar-refractivity contribution in [1.29, 1.82) is 0 Å². The minimum atomic E-state index is -0.549. The normalized spacial score (nSPS) is 17.3. The second-order valence-corrected chi connectivity index (χ2v) is 6.20. The van der Waals surface area contributed by atoms with Crippen LogP contribution in [0.1, 0.15) is 39.5 Å². The molecule has 1 aliphatic heterocycles. The summed E-state index contributed by atoms with van der Waals surface area (Å²) in [6, 6.07) is 4.45. The van der Waals surface area contributed by atoms with Gasteiger partial charge in [-0.25, -0.2) is 9.18 Å². The van der Waals surface area contributed by atoms with Crippen LogP contribution >= 0.6 is 0 Å². The molecule has 2 heterocycles. The molecule has 1 aromatic carbocycles. The van der Waals surface area contributed by atoms with Gasteiger partial charge in [0.05, 0.1) is 0 Å². The van der Waals surface area contributed by atoms with Crippen LogP contribution in [0.25, 0.3) is 0 Å². The van der Waals surface area contributed by atoms with Crippen molar-refractivity contribution in [3.63, 3.8) is 0 Å². The lowest BCUT2D eigenvalue weighted by Crippen LogP contribution is -2.29. The van der Waals surface area contributed by atoms with E-state index in [1.54, 1.807) is 30.9 Å². The van der Waals surface area contributed by atoms with Gasteiger partial charge in [-0.15, -0.1) is 0 Å². The fourth-order valence-electron chi connectivity index (χ4n) is 3.16. The first kappa shape index (κ1) is 16.2. The molecule has 2 N–H and O–H groups in total. The van der Waals surface area contributed by atoms with Crippen molar-refractivity contribution in [3.05, 3.63) is 67.2 Å². The van der Waals surface area contributed by atoms with Crippen molar-refractivity contribution < 1.29 is 9.18 Å². The number of H-pyrrole nitrogens is 2. The maximum atomic E-state index is 13.7. The molecule has 1 unspecified atom stereocenters. The monoisotopic (exact) mass is 331 g/mol. The first-order valence-corrected chi connectivity index (χ1v) is 7.74. The molecule has 24 heavy (non-hydrogen) atoms. The summed E-state index contributed by atoms with van der Waals surface area (Å²) < 4.78 is 13.7. The Bertz CT molecular complexity index is 865. The zero-order valence-electron chi connectivity index (χ0n) is 13.5. The van der Waals surface area contributed by atoms with Crippen molar-refractivity contribution in [3.8, 4) is 0 Å². The van der Waals surface area contributed by atoms with Crippen LogP contribution in [0.2, 0.25) is 0 Å². The number of benzene rings is 1. The number of hydrogen-bond acceptors (Lipinski definition) is 3. The van der Waals surface area contributed by atoms with Gasteiger partial charge >= 0.3 is 5.69 Å². The highest BCUT2D eigenvalue weighted by Crippen LogP contribution is 2.26. The van der Waals surface area contributed by atoms with E-state index in [1.165, 1.54) is 6.07 Å². The van der Waals surface area contributed by atoms with E-state index in [2.05, 4.69) is 9.97 Å². The van der Waals surface area contributed by atoms with Gasteiger partial charge in [0.25, 0.3) is 11.5 Å². The summed E-state index contributed by atoms with van der Waals surface area (Å²) in [5.41, 5.74) is 0.855. The average Bonchev–Trinajstić information content (AvgIpc) is 3.00. The number of halogens is 1. The number of carbonyl (C=O) groups is 1. The van der Waals surface area contributed by atoms with E-state index in [4.69, 9.17) is 0 Å². The highest BCUT2D eigenvalue weighted by Gasteiger charge is 2.29. The van der Waals surface area contributed by atoms with Crippen LogP contribution < -0.4 is 11.2 Å². The Balaban J connectivity index is 1.81. The summed E-state index contributed by atoms with van der Waals surface area (Å²) in [7, 11) is 0. The number of nitrogens with zero attached hydrogens (tertiary/aromatic N) is 1. The largest absolute Gasteiger partial charge is 0.338 e. The molecule has 6 nitrogen and oxygen atoms in total. The zero-order chi connectivity index (χ0) is 17.4. The second kappa shape index (κ2) is 6.07. The van der Waals surface area contributed by atoms with Crippen LogP contribution in [0.5, 0.6) is 0 Å². The fourth-order valence-corrected chi connectivity index (χ4v) is 3.16. The molecule has 1 aliphatic rings. The summed E-state index contributed by atoms with van der Waals surface area (Å²) in [5.74, 6) is -0.561. The molecule has 0 bridgehead atoms. The Morgan fingerprint density at radius 3 is 2.46 bits per heavy atom. The summed E-state index contributed by atoms with van der Waals surface area (Å²) in [5, 5.41) is 0. The van der Waals surface area contributed by atoms with E-state index in [-0.39, 0.29) is 17.6 Å². The maximum Gasteiger partial charge on any atom is 0.325 e. The first-order chi connectivity index (χ1) is 11.3. The van der Waals surface area contributed by atoms with Gasteiger partial charge in [0, 0.05) is 36.3 Å². The van der Waals surface area contributed by atoms with E-state index in [0.717, 1.165) is 0 Å². The van der Waals surface area contributed by atoms with Crippen LogP contribution in [0.3, 0.4) is 0 Å². The summed E-state index contributed by atoms with van der Waals surface area (Å²) in [4.78, 5) is 41.8. The molecular weight excluding hydrogens is 313 g/mol. The van der Waals surface area contributed by atoms with Gasteiger partial charge in [-0.3, -0.25) is 14.6 Å². The number of rotatable bonds is 2. The molecule has 0 saturated carbocycles. The van der Waals surface area contributed by atoms with Crippen molar-refractivity contribution in [2.24, 2.45) is 0 Å². The van der Waals surface area contributed by atoms with Crippen molar-refractivity contribution >= 4 is 5.91 Å². The number of amides is 1. The number of aromatic amines is 2. The van der Waals surface area contributed by atoms with Crippen LogP contribution in [-0.4, -0.2) is 33.9 Å². The molecule has 1 aromatic heterocycles. The Hall–Kier alpha value is -2.70. The number of hydrogen-bond donors (Lipinski definition) is 2. The third-order valence-electron chi connectivity index (χ3n) is 4.38. The SMILES string of the molecule is Cc1cc(C(=O)N2CCC(c3cc(=O)[nH]c(=O)[nH]3)C2)cc(C)c1F. The van der Waals surface area contributed by atoms with E-state index < -0.39 is 11.2 Å². The van der Waals surface area contributed by atoms with Crippen molar-refractivity contribution in [1.82, 2.24) is 14.9 Å². The minimum absolute atomic E-state index is 0.0911. The van der Waals surface area contributed by atoms with E-state index >= 15 is 0 Å². The third-order valence-corrected chi connectivity index (χ3v) is 4.38. The number of carbonyl (C=O) groups excluding carboxylic acids is 1. The van der Waals surface area contributed by atoms with Gasteiger partial charge in [-0.05, 0) is 43.5 Å². The lowest BCUT2D eigenvalue weighted by molar-refractivity contribution is 0.0790. The van der Waals surface area contributed by atoms with Gasteiger partial charge in [-0.2, -0.15) is 0 Å². The molecular formula is C17H18FN3O3. The fraction of sp³-hybridized carbons (Fsp3) is 0.353. The third kappa shape index (κ3) is 3.02. The van der Waals surface area contributed by atoms with E-state index in [1.807, 2.05) is 0 Å². The Morgan fingerprint density at radius 1 is 1.17 bits per heavy atom. The standard InChI is InChI=1S/C17H18FN3O3/c1-9-5-12(6-10(2)15(9)18)16(23)21-4-3-11(8-21)13-7-14(22)20-17(24)19-13/h5-7,11H,3-4,8H2,1-2H3,(H2,19,20,22,24). The van der Waals surface area contributed by atoms with Crippen LogP contribution in [-0.2, 0) is 0 Å². The van der Waals surface area contributed by atoms with E-state index in [0.29, 0.717) is 41.9 Å². The van der Waals surface area contributed by atoms with Gasteiger partial charge in [0.15, 0.2) is 0 Å². The minimum Gasteiger partial charge on any atom is -0.338 e. The molecule has 1 fully saturated rings. The highest BCUT2D eigenvalue weighted by atomic mass is 19.1. The van der Waals surface area contributed by atoms with Crippen molar-refractivity contribution in [2.45, 2.75) is 26.2 Å². The molecule has 3 rings (SSSR count). The Kier molecular flexibility index (Phi) is 4.09. The molecule has 1 atom stereocenters. The summed E-state index contributed by atoms with van der Waals surface area (Å²) in [6.07, 6.45) is 0.657. The first-order valence-electron chi connectivity index (χ1n) is 7.74. The molecule has 0 aliphatic carbocycles. The average molecular weight is 331 g/mol. The summed E-state index contributed by atoms with van der Waals surface area (Å²) in [6.45, 7) is 4.20. The van der Waals surface area contributed by atoms with Gasteiger partial charge in [-0.1, -0.05) is 0 Å². The van der Waals surface area contributed by atoms with Crippen LogP contribution in [0.4, 0.5) is 4.39 Å². The zero-order valence-corrected chi connectivity index (χ0v) is 13.5. The number of aryl methyl sites for hydroxylation is 2. The summed E-state index contributed by atoms with van der Waals surface area (Å²) >= 11 is 0. The Morgan fingerprint density at radius 2 is 1.83 bits per heavy atom. The van der Waals surface area contributed by atoms with Crippen molar-refractivity contribution in [2.75, 3.05) is 13.1 Å². The highest BCUT2D eigenvalue weighted by molar-refractivity contribution is 5.94. The van der Waals surface area contributed by atoms with Crippen LogP contribution in [0.15, 0.2) is 27.8 Å². The topological polar surface area (TPSA) is 86.0 Å². The van der Waals surface area contributed by atoms with Gasteiger partial charge < -0.3 is 9.88 Å². The molecule has 126 valence electrons.